The van der Waals surface area contributed by atoms with Crippen molar-refractivity contribution in [3.05, 3.63) is 70.6 Å². The van der Waals surface area contributed by atoms with Gasteiger partial charge in [-0.25, -0.2) is 4.52 Å². The summed E-state index contributed by atoms with van der Waals surface area (Å²) < 4.78 is 3.97. The number of aromatic nitrogens is 5. The summed E-state index contributed by atoms with van der Waals surface area (Å²) in [6.07, 6.45) is 0. The number of rotatable bonds is 2. The number of pyridine rings is 1. The molecule has 1 aliphatic heterocycles. The van der Waals surface area contributed by atoms with Gasteiger partial charge >= 0.3 is 0 Å². The molecule has 1 aromatic carbocycles. The highest BCUT2D eigenvalue weighted by molar-refractivity contribution is 6.30. The van der Waals surface area contributed by atoms with Gasteiger partial charge in [-0.2, -0.15) is 5.10 Å². The van der Waals surface area contributed by atoms with Crippen molar-refractivity contribution in [1.82, 2.24) is 29.3 Å². The maximum absolute atomic E-state index is 13.0. The van der Waals surface area contributed by atoms with Gasteiger partial charge < -0.3 is 9.47 Å². The van der Waals surface area contributed by atoms with Gasteiger partial charge in [0.2, 0.25) is 0 Å². The van der Waals surface area contributed by atoms with Crippen molar-refractivity contribution >= 4 is 23.0 Å². The van der Waals surface area contributed by atoms with Crippen LogP contribution in [0.25, 0.3) is 17.0 Å². The van der Waals surface area contributed by atoms with Gasteiger partial charge in [0.1, 0.15) is 5.69 Å². The Bertz CT molecular complexity index is 1230. The van der Waals surface area contributed by atoms with Gasteiger partial charge in [0.15, 0.2) is 11.6 Å². The van der Waals surface area contributed by atoms with E-state index in [9.17, 15) is 4.79 Å². The lowest BCUT2D eigenvalue weighted by Gasteiger charge is -2.33. The third-order valence-corrected chi connectivity index (χ3v) is 5.69. The van der Waals surface area contributed by atoms with E-state index in [1.807, 2.05) is 47.5 Å². The monoisotopic (exact) mass is 406 g/mol. The molecule has 8 heteroatoms. The molecule has 1 amide bonds. The van der Waals surface area contributed by atoms with Crippen molar-refractivity contribution in [2.75, 3.05) is 6.54 Å². The van der Waals surface area contributed by atoms with E-state index < -0.39 is 0 Å². The first-order chi connectivity index (χ1) is 14.0. The van der Waals surface area contributed by atoms with Crippen molar-refractivity contribution < 1.29 is 4.79 Å². The molecule has 4 aromatic rings. The van der Waals surface area contributed by atoms with Crippen LogP contribution in [0.4, 0.5) is 0 Å². The number of carbonyl (C=O) groups excluding carboxylic acids is 1. The molecule has 146 valence electrons. The van der Waals surface area contributed by atoms with Crippen molar-refractivity contribution in [2.45, 2.75) is 26.4 Å². The second-order valence-corrected chi connectivity index (χ2v) is 7.68. The highest BCUT2D eigenvalue weighted by Gasteiger charge is 2.32. The van der Waals surface area contributed by atoms with Crippen LogP contribution >= 0.6 is 11.6 Å². The number of nitrogens with zero attached hydrogens (tertiary/aromatic N) is 6. The molecule has 3 aromatic heterocycles. The van der Waals surface area contributed by atoms with Gasteiger partial charge in [-0.05, 0) is 56.3 Å². The van der Waals surface area contributed by atoms with Crippen LogP contribution in [-0.2, 0) is 6.54 Å². The zero-order chi connectivity index (χ0) is 20.1. The Morgan fingerprint density at radius 1 is 1.10 bits per heavy atom. The quantitative estimate of drug-likeness (QED) is 0.508. The number of benzene rings is 1. The van der Waals surface area contributed by atoms with E-state index in [2.05, 4.69) is 14.8 Å². The van der Waals surface area contributed by atoms with Gasteiger partial charge in [0, 0.05) is 29.4 Å². The largest absolute Gasteiger partial charge is 0.327 e. The van der Waals surface area contributed by atoms with Gasteiger partial charge in [-0.1, -0.05) is 17.7 Å². The predicted octanol–water partition coefficient (Wildman–Crippen LogP) is 3.77. The molecule has 7 nitrogen and oxygen atoms in total. The summed E-state index contributed by atoms with van der Waals surface area (Å²) in [7, 11) is 0. The van der Waals surface area contributed by atoms with Crippen LogP contribution in [0.1, 0.15) is 34.8 Å². The van der Waals surface area contributed by atoms with Gasteiger partial charge in [-0.15, -0.1) is 10.2 Å². The minimum atomic E-state index is -0.188. The summed E-state index contributed by atoms with van der Waals surface area (Å²) >= 11 is 5.94. The summed E-state index contributed by atoms with van der Waals surface area (Å²) in [6, 6.07) is 14.8. The lowest BCUT2D eigenvalue weighted by molar-refractivity contribution is 0.0638. The summed E-state index contributed by atoms with van der Waals surface area (Å²) in [6.45, 7) is 5.19. The lowest BCUT2D eigenvalue weighted by atomic mass is 10.1. The lowest BCUT2D eigenvalue weighted by Crippen LogP contribution is -2.41. The van der Waals surface area contributed by atoms with E-state index in [1.54, 1.807) is 24.3 Å². The topological polar surface area (TPSA) is 68.3 Å². The molecular weight excluding hydrogens is 388 g/mol. The molecule has 5 rings (SSSR count). The first-order valence-corrected chi connectivity index (χ1v) is 9.86. The van der Waals surface area contributed by atoms with Crippen LogP contribution in [0.3, 0.4) is 0 Å². The third kappa shape index (κ3) is 2.89. The minimum absolute atomic E-state index is 0.0340. The number of aryl methyl sites for hydroxylation is 1. The second-order valence-electron chi connectivity index (χ2n) is 7.25. The first-order valence-electron chi connectivity index (χ1n) is 9.48. The molecule has 0 spiro atoms. The number of amides is 1. The highest BCUT2D eigenvalue weighted by Crippen LogP contribution is 2.29. The number of hydrogen-bond acceptors (Lipinski definition) is 4. The van der Waals surface area contributed by atoms with Crippen LogP contribution < -0.4 is 0 Å². The zero-order valence-corrected chi connectivity index (χ0v) is 16.8. The SMILES string of the molecule is Cc1cccc2cc(-c3nnc4n3CCN(C(=O)c3ccc(Cl)cc3)[C@@H]4C)nn12. The van der Waals surface area contributed by atoms with Crippen LogP contribution in [-0.4, -0.2) is 41.7 Å². The van der Waals surface area contributed by atoms with Gasteiger partial charge in [-0.3, -0.25) is 4.79 Å². The molecule has 0 bridgehead atoms. The first kappa shape index (κ1) is 17.9. The normalized spacial score (nSPS) is 16.2. The van der Waals surface area contributed by atoms with E-state index in [-0.39, 0.29) is 11.9 Å². The molecule has 0 aliphatic carbocycles. The molecule has 0 saturated heterocycles. The average Bonchev–Trinajstić information content (AvgIpc) is 3.33. The van der Waals surface area contributed by atoms with E-state index in [0.29, 0.717) is 23.7 Å². The fourth-order valence-electron chi connectivity index (χ4n) is 3.87. The Balaban J connectivity index is 1.48. The molecule has 0 fully saturated rings. The third-order valence-electron chi connectivity index (χ3n) is 5.44. The summed E-state index contributed by atoms with van der Waals surface area (Å²) in [4.78, 5) is 14.8. The Morgan fingerprint density at radius 2 is 1.90 bits per heavy atom. The molecule has 29 heavy (non-hydrogen) atoms. The van der Waals surface area contributed by atoms with Crippen molar-refractivity contribution in [3.8, 4) is 11.5 Å². The van der Waals surface area contributed by atoms with Gasteiger partial charge in [0.05, 0.1) is 11.6 Å². The molecule has 1 atom stereocenters. The summed E-state index contributed by atoms with van der Waals surface area (Å²) in [5.74, 6) is 1.46. The Hall–Kier alpha value is -3.19. The van der Waals surface area contributed by atoms with E-state index >= 15 is 0 Å². The van der Waals surface area contributed by atoms with Crippen LogP contribution in [0.2, 0.25) is 5.02 Å². The average molecular weight is 407 g/mol. The predicted molar refractivity (Wildman–Crippen MR) is 110 cm³/mol. The Labute approximate surface area is 172 Å². The number of hydrogen-bond donors (Lipinski definition) is 0. The fraction of sp³-hybridized carbons (Fsp3) is 0.238. The Morgan fingerprint density at radius 3 is 2.66 bits per heavy atom. The summed E-state index contributed by atoms with van der Waals surface area (Å²) in [5.41, 5.74) is 3.47. The molecule has 4 heterocycles. The number of halogens is 1. The van der Waals surface area contributed by atoms with Crippen molar-refractivity contribution in [2.24, 2.45) is 0 Å². The maximum Gasteiger partial charge on any atom is 0.254 e. The minimum Gasteiger partial charge on any atom is -0.327 e. The number of fused-ring (bicyclic) bond motifs is 2. The van der Waals surface area contributed by atoms with Crippen LogP contribution in [0, 0.1) is 6.92 Å². The summed E-state index contributed by atoms with van der Waals surface area (Å²) in [5, 5.41) is 14.1. The van der Waals surface area contributed by atoms with Crippen LogP contribution in [0.15, 0.2) is 48.5 Å². The second kappa shape index (κ2) is 6.70. The smallest absolute Gasteiger partial charge is 0.254 e. The standard InChI is InChI=1S/C21H19ClN6O/c1-13-4-3-5-17-12-18(25-28(13)17)20-24-23-19-14(2)26(10-11-27(19)20)21(29)15-6-8-16(22)9-7-15/h3-9,12,14H,10-11H2,1-2H3/t14-/m1/s1. The van der Waals surface area contributed by atoms with E-state index in [1.165, 1.54) is 0 Å². The van der Waals surface area contributed by atoms with Gasteiger partial charge in [0.25, 0.3) is 5.91 Å². The van der Waals surface area contributed by atoms with Crippen molar-refractivity contribution in [1.29, 1.82) is 0 Å². The Kier molecular flexibility index (Phi) is 4.13. The van der Waals surface area contributed by atoms with Crippen LogP contribution in [0.5, 0.6) is 0 Å². The molecular formula is C21H19ClN6O. The molecule has 0 saturated carbocycles. The molecule has 1 aliphatic rings. The molecule has 0 unspecified atom stereocenters. The zero-order valence-electron chi connectivity index (χ0n) is 16.1. The number of carbonyl (C=O) groups is 1. The van der Waals surface area contributed by atoms with E-state index in [4.69, 9.17) is 16.7 Å². The fourth-order valence-corrected chi connectivity index (χ4v) is 4.00. The van der Waals surface area contributed by atoms with E-state index in [0.717, 1.165) is 28.6 Å². The highest BCUT2D eigenvalue weighted by atomic mass is 35.5. The molecule has 0 N–H and O–H groups in total. The maximum atomic E-state index is 13.0. The molecule has 0 radical (unpaired) electrons. The van der Waals surface area contributed by atoms with Crippen molar-refractivity contribution in [3.63, 3.8) is 0 Å².